The molecule has 0 spiro atoms. The van der Waals surface area contributed by atoms with Crippen molar-refractivity contribution in [2.45, 2.75) is 20.8 Å². The van der Waals surface area contributed by atoms with E-state index in [0.29, 0.717) is 5.03 Å². The predicted molar refractivity (Wildman–Crippen MR) is 41.0 cm³/mol. The zero-order valence-electron chi connectivity index (χ0n) is 6.31. The highest BCUT2D eigenvalue weighted by molar-refractivity contribution is 6.31. The van der Waals surface area contributed by atoms with Crippen LogP contribution in [0.1, 0.15) is 20.8 Å². The van der Waals surface area contributed by atoms with Crippen LogP contribution in [0.2, 0.25) is 0 Å². The van der Waals surface area contributed by atoms with Crippen molar-refractivity contribution in [3.63, 3.8) is 0 Å². The minimum atomic E-state index is -0.946. The third-order valence-electron chi connectivity index (χ3n) is 1.19. The minimum absolute atomic E-state index is 0.0952. The summed E-state index contributed by atoms with van der Waals surface area (Å²) >= 11 is 5.66. The molecule has 0 aliphatic heterocycles. The summed E-state index contributed by atoms with van der Waals surface area (Å²) in [5, 5.41) is 8.88. The zero-order valence-corrected chi connectivity index (χ0v) is 7.07. The fraction of sp³-hybridized carbons (Fsp3) is 0.571. The van der Waals surface area contributed by atoms with Crippen LogP contribution in [-0.2, 0) is 4.79 Å². The number of carboxylic acids is 1. The van der Waals surface area contributed by atoms with Gasteiger partial charge in [-0.25, -0.2) is 4.79 Å². The van der Waals surface area contributed by atoms with Crippen molar-refractivity contribution < 1.29 is 9.90 Å². The molecule has 2 nitrogen and oxygen atoms in total. The maximum atomic E-state index is 10.3. The van der Waals surface area contributed by atoms with Gasteiger partial charge in [0.1, 0.15) is 0 Å². The Morgan fingerprint density at radius 2 is 1.90 bits per heavy atom. The van der Waals surface area contributed by atoms with E-state index in [4.69, 9.17) is 16.7 Å². The van der Waals surface area contributed by atoms with E-state index in [-0.39, 0.29) is 11.5 Å². The second kappa shape index (κ2) is 3.62. The largest absolute Gasteiger partial charge is 0.478 e. The molecule has 0 aliphatic rings. The first-order valence-corrected chi connectivity index (χ1v) is 3.44. The highest BCUT2D eigenvalue weighted by Crippen LogP contribution is 2.18. The molecule has 0 saturated heterocycles. The molecule has 0 aromatic heterocycles. The van der Waals surface area contributed by atoms with E-state index in [1.165, 1.54) is 6.92 Å². The van der Waals surface area contributed by atoms with Gasteiger partial charge in [-0.3, -0.25) is 0 Å². The molecule has 10 heavy (non-hydrogen) atoms. The normalized spacial score (nSPS) is 13.3. The molecule has 0 saturated carbocycles. The number of allylic oxidation sites excluding steroid dienone is 1. The van der Waals surface area contributed by atoms with Gasteiger partial charge in [0.15, 0.2) is 0 Å². The third-order valence-corrected chi connectivity index (χ3v) is 1.91. The van der Waals surface area contributed by atoms with Gasteiger partial charge in [-0.05, 0) is 12.8 Å². The molecule has 0 atom stereocenters. The molecule has 58 valence electrons. The Morgan fingerprint density at radius 1 is 1.50 bits per heavy atom. The molecule has 0 aliphatic carbocycles. The molecule has 3 heteroatoms. The first-order chi connectivity index (χ1) is 4.46. The van der Waals surface area contributed by atoms with Crippen molar-refractivity contribution >= 4 is 17.6 Å². The number of carbonyl (C=O) groups is 1. The van der Waals surface area contributed by atoms with Crippen molar-refractivity contribution in [1.29, 1.82) is 0 Å². The van der Waals surface area contributed by atoms with Crippen LogP contribution >= 0.6 is 11.6 Å². The van der Waals surface area contributed by atoms with Gasteiger partial charge in [0, 0.05) is 10.6 Å². The van der Waals surface area contributed by atoms with Crippen LogP contribution < -0.4 is 0 Å². The maximum absolute atomic E-state index is 10.3. The molecule has 0 fully saturated rings. The quantitative estimate of drug-likeness (QED) is 0.633. The van der Waals surface area contributed by atoms with Crippen LogP contribution in [0.4, 0.5) is 0 Å². The molecule has 0 unspecified atom stereocenters. The van der Waals surface area contributed by atoms with Gasteiger partial charge in [0.2, 0.25) is 0 Å². The van der Waals surface area contributed by atoms with Crippen LogP contribution in [0.15, 0.2) is 10.6 Å². The lowest BCUT2D eigenvalue weighted by Crippen LogP contribution is -2.01. The van der Waals surface area contributed by atoms with Gasteiger partial charge in [0.25, 0.3) is 0 Å². The van der Waals surface area contributed by atoms with Gasteiger partial charge in [-0.15, -0.1) is 0 Å². The summed E-state index contributed by atoms with van der Waals surface area (Å²) in [6.07, 6.45) is 0. The van der Waals surface area contributed by atoms with Crippen LogP contribution in [0, 0.1) is 5.92 Å². The van der Waals surface area contributed by atoms with E-state index < -0.39 is 5.97 Å². The van der Waals surface area contributed by atoms with Crippen molar-refractivity contribution in [2.24, 2.45) is 5.92 Å². The summed E-state index contributed by atoms with van der Waals surface area (Å²) in [4.78, 5) is 10.3. The third kappa shape index (κ3) is 2.40. The summed E-state index contributed by atoms with van der Waals surface area (Å²) < 4.78 is 0. The fourth-order valence-corrected chi connectivity index (χ4v) is 0.616. The van der Waals surface area contributed by atoms with E-state index in [2.05, 4.69) is 0 Å². The van der Waals surface area contributed by atoms with E-state index in [0.717, 1.165) is 0 Å². The van der Waals surface area contributed by atoms with Gasteiger partial charge in [-0.2, -0.15) is 0 Å². The molecule has 0 heterocycles. The summed E-state index contributed by atoms with van der Waals surface area (Å²) in [6, 6.07) is 0. The highest BCUT2D eigenvalue weighted by Gasteiger charge is 2.09. The summed E-state index contributed by atoms with van der Waals surface area (Å²) in [5.74, 6) is -0.850. The second-order valence-corrected chi connectivity index (χ2v) is 2.84. The second-order valence-electron chi connectivity index (χ2n) is 2.43. The van der Waals surface area contributed by atoms with Gasteiger partial charge < -0.3 is 5.11 Å². The zero-order chi connectivity index (χ0) is 8.31. The van der Waals surface area contributed by atoms with Crippen molar-refractivity contribution in [3.05, 3.63) is 10.6 Å². The number of aliphatic carboxylic acids is 1. The van der Waals surface area contributed by atoms with Crippen LogP contribution in [0.25, 0.3) is 0 Å². The lowest BCUT2D eigenvalue weighted by Gasteiger charge is -2.03. The average Bonchev–Trinajstić information content (AvgIpc) is 1.84. The molecular formula is C7H11ClO2. The van der Waals surface area contributed by atoms with Gasteiger partial charge in [-0.1, -0.05) is 25.4 Å². The van der Waals surface area contributed by atoms with E-state index in [1.54, 1.807) is 0 Å². The van der Waals surface area contributed by atoms with Gasteiger partial charge in [0.05, 0.1) is 0 Å². The summed E-state index contributed by atoms with van der Waals surface area (Å²) in [7, 11) is 0. The molecule has 0 aromatic carbocycles. The maximum Gasteiger partial charge on any atom is 0.332 e. The Balaban J connectivity index is 4.50. The molecule has 0 amide bonds. The van der Waals surface area contributed by atoms with Crippen LogP contribution in [-0.4, -0.2) is 11.1 Å². The first-order valence-electron chi connectivity index (χ1n) is 3.06. The molecule has 0 aromatic rings. The number of rotatable bonds is 2. The standard InChI is InChI=1S/C7H11ClO2/c1-4(2)6(8)5(3)7(9)10/h4H,1-3H3,(H,9,10). The minimum Gasteiger partial charge on any atom is -0.478 e. The number of halogens is 1. The Hall–Kier alpha value is -0.500. The van der Waals surface area contributed by atoms with E-state index in [1.807, 2.05) is 13.8 Å². The Morgan fingerprint density at radius 3 is 2.00 bits per heavy atom. The topological polar surface area (TPSA) is 37.3 Å². The lowest BCUT2D eigenvalue weighted by atomic mass is 10.1. The molecule has 0 bridgehead atoms. The van der Waals surface area contributed by atoms with Crippen molar-refractivity contribution in [2.75, 3.05) is 0 Å². The average molecular weight is 163 g/mol. The fourth-order valence-electron chi connectivity index (χ4n) is 0.535. The molecular weight excluding hydrogens is 152 g/mol. The first kappa shape index (κ1) is 9.50. The Bertz CT molecular complexity index is 170. The van der Waals surface area contributed by atoms with Gasteiger partial charge >= 0.3 is 5.97 Å². The Labute approximate surface area is 65.5 Å². The number of hydrogen-bond acceptors (Lipinski definition) is 1. The van der Waals surface area contributed by atoms with E-state index in [9.17, 15) is 4.79 Å². The lowest BCUT2D eigenvalue weighted by molar-refractivity contribution is -0.132. The summed E-state index contributed by atoms with van der Waals surface area (Å²) in [6.45, 7) is 5.22. The molecule has 0 rings (SSSR count). The van der Waals surface area contributed by atoms with E-state index >= 15 is 0 Å². The molecule has 1 N–H and O–H groups in total. The molecule has 0 radical (unpaired) electrons. The predicted octanol–water partition coefficient (Wildman–Crippen LogP) is 2.24. The van der Waals surface area contributed by atoms with Crippen molar-refractivity contribution in [3.8, 4) is 0 Å². The monoisotopic (exact) mass is 162 g/mol. The highest BCUT2D eigenvalue weighted by atomic mass is 35.5. The van der Waals surface area contributed by atoms with Crippen molar-refractivity contribution in [1.82, 2.24) is 0 Å². The number of carboxylic acid groups (broad SMARTS) is 1. The number of hydrogen-bond donors (Lipinski definition) is 1. The summed E-state index contributed by atoms with van der Waals surface area (Å²) in [5.41, 5.74) is 0.233. The SMILES string of the molecule is CC(C(=O)O)=C(Cl)C(C)C. The Kier molecular flexibility index (Phi) is 3.43. The smallest absolute Gasteiger partial charge is 0.332 e. The van der Waals surface area contributed by atoms with Crippen LogP contribution in [0.5, 0.6) is 0 Å². The van der Waals surface area contributed by atoms with Crippen LogP contribution in [0.3, 0.4) is 0 Å².